The summed E-state index contributed by atoms with van der Waals surface area (Å²) in [6, 6.07) is 3.72. The Hall–Kier alpha value is -1.88. The van der Waals surface area contributed by atoms with Crippen LogP contribution < -0.4 is 5.32 Å². The second-order valence-corrected chi connectivity index (χ2v) is 3.25. The summed E-state index contributed by atoms with van der Waals surface area (Å²) < 4.78 is 10.1. The number of aromatic nitrogens is 2. The molecule has 0 unspecified atom stereocenters. The highest BCUT2D eigenvalue weighted by Crippen LogP contribution is 2.20. The first-order valence-corrected chi connectivity index (χ1v) is 4.90. The third-order valence-corrected chi connectivity index (χ3v) is 2.12. The lowest BCUT2D eigenvalue weighted by atomic mass is 10.2. The number of hydrogen-bond acceptors (Lipinski definition) is 5. The first-order chi connectivity index (χ1) is 7.83. The monoisotopic (exact) mass is 219 g/mol. The fraction of sp³-hybridized carbons (Fsp3) is 0.273. The zero-order chi connectivity index (χ0) is 11.4. The second-order valence-electron chi connectivity index (χ2n) is 3.25. The van der Waals surface area contributed by atoms with Crippen molar-refractivity contribution in [3.63, 3.8) is 0 Å². The third kappa shape index (κ3) is 2.20. The number of ether oxygens (including phenoxy) is 1. The molecule has 0 saturated heterocycles. The highest BCUT2D eigenvalue weighted by Gasteiger charge is 2.06. The van der Waals surface area contributed by atoms with E-state index in [0.717, 1.165) is 17.1 Å². The summed E-state index contributed by atoms with van der Waals surface area (Å²) in [5, 5.41) is 2.99. The molecule has 2 aromatic rings. The summed E-state index contributed by atoms with van der Waals surface area (Å²) in [6.45, 7) is 0.389. The molecule has 0 saturated carbocycles. The molecule has 84 valence electrons. The quantitative estimate of drug-likeness (QED) is 0.851. The molecule has 0 aromatic carbocycles. The van der Waals surface area contributed by atoms with E-state index < -0.39 is 0 Å². The highest BCUT2D eigenvalue weighted by atomic mass is 16.5. The summed E-state index contributed by atoms with van der Waals surface area (Å²) >= 11 is 0. The minimum Gasteiger partial charge on any atom is -0.472 e. The first kappa shape index (κ1) is 10.6. The number of methoxy groups -OCH3 is 1. The predicted molar refractivity (Wildman–Crippen MR) is 60.0 cm³/mol. The number of nitrogens with zero attached hydrogens (tertiary/aromatic N) is 2. The standard InChI is InChI=1S/C11H13N3O2/c1-12-10-5-9(8-3-4-16-6-8)13-11(14-10)7-15-2/h3-6H,7H2,1-2H3,(H,12,13,14). The Morgan fingerprint density at radius 3 is 2.94 bits per heavy atom. The molecule has 0 aliphatic carbocycles. The fourth-order valence-corrected chi connectivity index (χ4v) is 1.38. The van der Waals surface area contributed by atoms with Gasteiger partial charge < -0.3 is 14.5 Å². The molecular formula is C11H13N3O2. The second kappa shape index (κ2) is 4.76. The maximum absolute atomic E-state index is 5.03. The third-order valence-electron chi connectivity index (χ3n) is 2.12. The van der Waals surface area contributed by atoms with Gasteiger partial charge in [-0.05, 0) is 6.07 Å². The summed E-state index contributed by atoms with van der Waals surface area (Å²) in [5.41, 5.74) is 1.75. The van der Waals surface area contributed by atoms with E-state index in [1.165, 1.54) is 0 Å². The van der Waals surface area contributed by atoms with Crippen LogP contribution in [0.25, 0.3) is 11.3 Å². The Labute approximate surface area is 93.5 Å². The van der Waals surface area contributed by atoms with Crippen molar-refractivity contribution in [3.05, 3.63) is 30.5 Å². The molecule has 0 spiro atoms. The van der Waals surface area contributed by atoms with E-state index in [0.29, 0.717) is 12.4 Å². The van der Waals surface area contributed by atoms with E-state index >= 15 is 0 Å². The average molecular weight is 219 g/mol. The zero-order valence-corrected chi connectivity index (χ0v) is 9.23. The Morgan fingerprint density at radius 1 is 1.44 bits per heavy atom. The van der Waals surface area contributed by atoms with Gasteiger partial charge in [0.25, 0.3) is 0 Å². The SMILES string of the molecule is CNc1cc(-c2ccoc2)nc(COC)n1. The Kier molecular flexibility index (Phi) is 3.16. The van der Waals surface area contributed by atoms with Gasteiger partial charge in [0, 0.05) is 25.8 Å². The van der Waals surface area contributed by atoms with Crippen LogP contribution in [0.15, 0.2) is 29.1 Å². The average Bonchev–Trinajstić information content (AvgIpc) is 2.82. The van der Waals surface area contributed by atoms with Crippen LogP contribution in [0.4, 0.5) is 5.82 Å². The smallest absolute Gasteiger partial charge is 0.157 e. The normalized spacial score (nSPS) is 10.4. The van der Waals surface area contributed by atoms with Crippen molar-refractivity contribution in [3.8, 4) is 11.3 Å². The van der Waals surface area contributed by atoms with Crippen LogP contribution in [-0.2, 0) is 11.3 Å². The lowest BCUT2D eigenvalue weighted by Crippen LogP contribution is -2.02. The predicted octanol–water partition coefficient (Wildman–Crippen LogP) is 1.92. The van der Waals surface area contributed by atoms with E-state index in [1.54, 1.807) is 19.6 Å². The molecule has 0 aliphatic heterocycles. The van der Waals surface area contributed by atoms with Gasteiger partial charge >= 0.3 is 0 Å². The lowest BCUT2D eigenvalue weighted by molar-refractivity contribution is 0.178. The van der Waals surface area contributed by atoms with Crippen LogP contribution in [-0.4, -0.2) is 24.1 Å². The summed E-state index contributed by atoms with van der Waals surface area (Å²) in [7, 11) is 3.44. The van der Waals surface area contributed by atoms with Crippen LogP contribution in [0.5, 0.6) is 0 Å². The maximum atomic E-state index is 5.03. The number of furan rings is 1. The number of anilines is 1. The molecule has 0 amide bonds. The topological polar surface area (TPSA) is 60.2 Å². The summed E-state index contributed by atoms with van der Waals surface area (Å²) in [4.78, 5) is 8.65. The molecule has 16 heavy (non-hydrogen) atoms. The van der Waals surface area contributed by atoms with Gasteiger partial charge in [0.1, 0.15) is 12.4 Å². The molecule has 2 rings (SSSR count). The van der Waals surface area contributed by atoms with Gasteiger partial charge in [-0.2, -0.15) is 0 Å². The Balaban J connectivity index is 2.41. The van der Waals surface area contributed by atoms with Gasteiger partial charge in [-0.25, -0.2) is 9.97 Å². The van der Waals surface area contributed by atoms with Crippen molar-refractivity contribution in [2.45, 2.75) is 6.61 Å². The van der Waals surface area contributed by atoms with Gasteiger partial charge in [-0.15, -0.1) is 0 Å². The van der Waals surface area contributed by atoms with E-state index in [-0.39, 0.29) is 0 Å². The van der Waals surface area contributed by atoms with Crippen LogP contribution in [0, 0.1) is 0 Å². The van der Waals surface area contributed by atoms with Gasteiger partial charge in [-0.1, -0.05) is 0 Å². The fourth-order valence-electron chi connectivity index (χ4n) is 1.38. The van der Waals surface area contributed by atoms with E-state index in [1.807, 2.05) is 19.2 Å². The molecule has 2 heterocycles. The molecule has 0 bridgehead atoms. The minimum absolute atomic E-state index is 0.389. The van der Waals surface area contributed by atoms with Crippen LogP contribution in [0.3, 0.4) is 0 Å². The summed E-state index contributed by atoms with van der Waals surface area (Å²) in [6.07, 6.45) is 3.27. The van der Waals surface area contributed by atoms with E-state index in [4.69, 9.17) is 9.15 Å². The summed E-state index contributed by atoms with van der Waals surface area (Å²) in [5.74, 6) is 1.41. The molecule has 5 nitrogen and oxygen atoms in total. The minimum atomic E-state index is 0.389. The van der Waals surface area contributed by atoms with Crippen molar-refractivity contribution in [2.24, 2.45) is 0 Å². The molecule has 1 N–H and O–H groups in total. The molecule has 5 heteroatoms. The number of nitrogens with one attached hydrogen (secondary N) is 1. The molecule has 0 atom stereocenters. The van der Waals surface area contributed by atoms with E-state index in [9.17, 15) is 0 Å². The van der Waals surface area contributed by atoms with Crippen molar-refractivity contribution in [1.82, 2.24) is 9.97 Å². The number of rotatable bonds is 4. The van der Waals surface area contributed by atoms with Crippen molar-refractivity contribution < 1.29 is 9.15 Å². The van der Waals surface area contributed by atoms with Crippen LogP contribution in [0.2, 0.25) is 0 Å². The first-order valence-electron chi connectivity index (χ1n) is 4.90. The molecule has 0 fully saturated rings. The Bertz CT molecular complexity index is 454. The highest BCUT2D eigenvalue weighted by molar-refractivity contribution is 5.61. The van der Waals surface area contributed by atoms with Gasteiger partial charge in [0.05, 0.1) is 18.2 Å². The molecule has 0 aliphatic rings. The lowest BCUT2D eigenvalue weighted by Gasteiger charge is -2.05. The van der Waals surface area contributed by atoms with Gasteiger partial charge in [0.2, 0.25) is 0 Å². The zero-order valence-electron chi connectivity index (χ0n) is 9.23. The molecular weight excluding hydrogens is 206 g/mol. The van der Waals surface area contributed by atoms with Crippen LogP contribution >= 0.6 is 0 Å². The molecule has 2 aromatic heterocycles. The molecule has 0 radical (unpaired) electrons. The maximum Gasteiger partial charge on any atom is 0.157 e. The van der Waals surface area contributed by atoms with Crippen molar-refractivity contribution in [1.29, 1.82) is 0 Å². The van der Waals surface area contributed by atoms with Crippen molar-refractivity contribution >= 4 is 5.82 Å². The Morgan fingerprint density at radius 2 is 2.31 bits per heavy atom. The number of hydrogen-bond donors (Lipinski definition) is 1. The van der Waals surface area contributed by atoms with Crippen LogP contribution in [0.1, 0.15) is 5.82 Å². The van der Waals surface area contributed by atoms with E-state index in [2.05, 4.69) is 15.3 Å². The largest absolute Gasteiger partial charge is 0.472 e. The van der Waals surface area contributed by atoms with Gasteiger partial charge in [-0.3, -0.25) is 0 Å². The van der Waals surface area contributed by atoms with Crippen molar-refractivity contribution in [2.75, 3.05) is 19.5 Å². The van der Waals surface area contributed by atoms with Gasteiger partial charge in [0.15, 0.2) is 5.82 Å².